The van der Waals surface area contributed by atoms with E-state index in [-0.39, 0.29) is 9.90 Å². The number of amides is 1. The molecule has 6 nitrogen and oxygen atoms in total. The van der Waals surface area contributed by atoms with Gasteiger partial charge in [0.25, 0.3) is 5.91 Å². The van der Waals surface area contributed by atoms with E-state index < -0.39 is 18.5 Å². The van der Waals surface area contributed by atoms with Crippen LogP contribution in [0.5, 0.6) is 11.5 Å². The number of esters is 1. The summed E-state index contributed by atoms with van der Waals surface area (Å²) in [6.45, 7) is -0.115. The summed E-state index contributed by atoms with van der Waals surface area (Å²) in [7, 11) is 3.08. The Morgan fingerprint density at radius 3 is 2.38 bits per heavy atom. The zero-order chi connectivity index (χ0) is 21.0. The number of hydrogen-bond acceptors (Lipinski definition) is 6. The Morgan fingerprint density at radius 1 is 1.00 bits per heavy atom. The van der Waals surface area contributed by atoms with E-state index in [4.69, 9.17) is 37.4 Å². The molecule has 0 radical (unpaired) electrons. The number of carbonyl (C=O) groups excluding carboxylic acids is 2. The van der Waals surface area contributed by atoms with Gasteiger partial charge in [0, 0.05) is 11.9 Å². The van der Waals surface area contributed by atoms with Crippen LogP contribution in [0.15, 0.2) is 36.4 Å². The van der Waals surface area contributed by atoms with E-state index in [2.05, 4.69) is 5.32 Å². The molecule has 1 N–H and O–H groups in total. The van der Waals surface area contributed by atoms with Gasteiger partial charge in [-0.3, -0.25) is 4.79 Å². The van der Waals surface area contributed by atoms with Crippen LogP contribution in [0.3, 0.4) is 0 Å². The maximum absolute atomic E-state index is 12.4. The summed E-state index contributed by atoms with van der Waals surface area (Å²) >= 11 is 13.7. The Bertz CT molecular complexity index is 1050. The average Bonchev–Trinajstić information content (AvgIpc) is 3.08. The van der Waals surface area contributed by atoms with Crippen LogP contribution in [0.25, 0.3) is 10.1 Å². The maximum atomic E-state index is 12.4. The summed E-state index contributed by atoms with van der Waals surface area (Å²) in [6.07, 6.45) is 0. The monoisotopic (exact) mass is 453 g/mol. The Morgan fingerprint density at radius 2 is 1.72 bits per heavy atom. The lowest BCUT2D eigenvalue weighted by Crippen LogP contribution is -2.28. The van der Waals surface area contributed by atoms with E-state index in [0.29, 0.717) is 27.4 Å². The fourth-order valence-corrected chi connectivity index (χ4v) is 4.34. The molecule has 0 bridgehead atoms. The number of benzene rings is 2. The second-order valence-corrected chi connectivity index (χ2v) is 7.68. The number of methoxy groups -OCH3 is 2. The summed E-state index contributed by atoms with van der Waals surface area (Å²) < 4.78 is 16.0. The van der Waals surface area contributed by atoms with Gasteiger partial charge in [0.2, 0.25) is 0 Å². The van der Waals surface area contributed by atoms with E-state index in [1.165, 1.54) is 7.11 Å². The maximum Gasteiger partial charge on any atom is 0.350 e. The fraction of sp³-hybridized carbons (Fsp3) is 0.200. The number of rotatable bonds is 7. The predicted molar refractivity (Wildman–Crippen MR) is 114 cm³/mol. The third-order valence-electron chi connectivity index (χ3n) is 4.09. The van der Waals surface area contributed by atoms with Crippen molar-refractivity contribution in [1.82, 2.24) is 5.32 Å². The van der Waals surface area contributed by atoms with Gasteiger partial charge in [0.15, 0.2) is 6.61 Å². The summed E-state index contributed by atoms with van der Waals surface area (Å²) in [4.78, 5) is 24.6. The normalized spacial score (nSPS) is 10.6. The summed E-state index contributed by atoms with van der Waals surface area (Å²) in [5, 5.41) is 3.91. The van der Waals surface area contributed by atoms with Gasteiger partial charge >= 0.3 is 5.97 Å². The van der Waals surface area contributed by atoms with Crippen LogP contribution in [-0.2, 0) is 16.1 Å². The van der Waals surface area contributed by atoms with Crippen molar-refractivity contribution in [2.24, 2.45) is 0 Å². The molecule has 0 aliphatic heterocycles. The highest BCUT2D eigenvalue weighted by Crippen LogP contribution is 2.43. The second-order valence-electron chi connectivity index (χ2n) is 5.90. The van der Waals surface area contributed by atoms with Gasteiger partial charge < -0.3 is 19.5 Å². The van der Waals surface area contributed by atoms with Crippen molar-refractivity contribution in [3.05, 3.63) is 56.9 Å². The Kier molecular flexibility index (Phi) is 6.84. The molecular weight excluding hydrogens is 437 g/mol. The highest BCUT2D eigenvalue weighted by atomic mass is 35.5. The third-order valence-corrected chi connectivity index (χ3v) is 6.29. The second kappa shape index (κ2) is 9.35. The number of carbonyl (C=O) groups is 2. The molecule has 0 saturated carbocycles. The molecule has 0 fully saturated rings. The Hall–Kier alpha value is -2.48. The lowest BCUT2D eigenvalue weighted by molar-refractivity contribution is -0.124. The number of fused-ring (bicyclic) bond motifs is 1. The zero-order valence-corrected chi connectivity index (χ0v) is 17.9. The van der Waals surface area contributed by atoms with Gasteiger partial charge in [-0.25, -0.2) is 4.79 Å². The van der Waals surface area contributed by atoms with Crippen LogP contribution in [0.1, 0.15) is 15.2 Å². The van der Waals surface area contributed by atoms with E-state index in [1.54, 1.807) is 31.4 Å². The predicted octanol–water partition coefficient (Wildman–Crippen LogP) is 4.70. The molecule has 3 rings (SSSR count). The van der Waals surface area contributed by atoms with Crippen LogP contribution in [0, 0.1) is 0 Å². The van der Waals surface area contributed by atoms with Crippen molar-refractivity contribution in [1.29, 1.82) is 0 Å². The van der Waals surface area contributed by atoms with E-state index in [9.17, 15) is 9.59 Å². The SMILES string of the molecule is COc1ccc(CNC(=O)COC(=O)c2sc3c(Cl)c(OC)ccc3c2Cl)cc1. The van der Waals surface area contributed by atoms with Crippen molar-refractivity contribution >= 4 is 56.5 Å². The summed E-state index contributed by atoms with van der Waals surface area (Å²) in [5.74, 6) is 0.0961. The number of nitrogens with one attached hydrogen (secondary N) is 1. The molecule has 2 aromatic carbocycles. The third kappa shape index (κ3) is 4.75. The molecule has 9 heteroatoms. The first kappa shape index (κ1) is 21.2. The molecule has 0 atom stereocenters. The van der Waals surface area contributed by atoms with Crippen LogP contribution < -0.4 is 14.8 Å². The molecular formula is C20H17Cl2NO5S. The van der Waals surface area contributed by atoms with Gasteiger partial charge in [-0.05, 0) is 29.8 Å². The molecule has 0 saturated heterocycles. The Labute approximate surface area is 181 Å². The first-order valence-electron chi connectivity index (χ1n) is 8.45. The molecule has 152 valence electrons. The minimum absolute atomic E-state index is 0.180. The fourth-order valence-electron chi connectivity index (χ4n) is 2.56. The van der Waals surface area contributed by atoms with Crippen molar-refractivity contribution in [3.8, 4) is 11.5 Å². The lowest BCUT2D eigenvalue weighted by Gasteiger charge is -2.07. The number of hydrogen-bond donors (Lipinski definition) is 1. The molecule has 0 aliphatic carbocycles. The molecule has 1 aromatic heterocycles. The number of halogens is 2. The van der Waals surface area contributed by atoms with Gasteiger partial charge in [-0.15, -0.1) is 11.3 Å². The van der Waals surface area contributed by atoms with Crippen molar-refractivity contribution in [2.75, 3.05) is 20.8 Å². The standard InChI is InChI=1S/C20H17Cl2NO5S/c1-26-12-5-3-11(4-6-12)9-23-15(24)10-28-20(25)19-16(21)13-7-8-14(27-2)17(22)18(13)29-19/h3-8H,9-10H2,1-2H3,(H,23,24). The van der Waals surface area contributed by atoms with Crippen molar-refractivity contribution in [3.63, 3.8) is 0 Å². The summed E-state index contributed by atoms with van der Waals surface area (Å²) in [5.41, 5.74) is 0.890. The van der Waals surface area contributed by atoms with E-state index >= 15 is 0 Å². The molecule has 29 heavy (non-hydrogen) atoms. The molecule has 0 unspecified atom stereocenters. The van der Waals surface area contributed by atoms with Gasteiger partial charge in [0.1, 0.15) is 21.4 Å². The van der Waals surface area contributed by atoms with E-state index in [0.717, 1.165) is 22.6 Å². The van der Waals surface area contributed by atoms with Crippen LogP contribution in [0.2, 0.25) is 10.0 Å². The van der Waals surface area contributed by atoms with E-state index in [1.807, 2.05) is 12.1 Å². The number of ether oxygens (including phenoxy) is 3. The number of thiophene rings is 1. The first-order valence-corrected chi connectivity index (χ1v) is 10.0. The zero-order valence-electron chi connectivity index (χ0n) is 15.6. The van der Waals surface area contributed by atoms with Gasteiger partial charge in [-0.2, -0.15) is 0 Å². The molecule has 1 heterocycles. The van der Waals surface area contributed by atoms with Crippen molar-refractivity contribution in [2.45, 2.75) is 6.54 Å². The quantitative estimate of drug-likeness (QED) is 0.524. The van der Waals surface area contributed by atoms with Crippen molar-refractivity contribution < 1.29 is 23.8 Å². The molecule has 1 amide bonds. The first-order chi connectivity index (χ1) is 13.9. The minimum Gasteiger partial charge on any atom is -0.497 e. The Balaban J connectivity index is 1.60. The highest BCUT2D eigenvalue weighted by molar-refractivity contribution is 7.22. The molecule has 0 spiro atoms. The minimum atomic E-state index is -0.689. The average molecular weight is 454 g/mol. The molecule has 3 aromatic rings. The van der Waals surface area contributed by atoms with Gasteiger partial charge in [0.05, 0.1) is 23.9 Å². The highest BCUT2D eigenvalue weighted by Gasteiger charge is 2.22. The summed E-state index contributed by atoms with van der Waals surface area (Å²) in [6, 6.07) is 10.7. The van der Waals surface area contributed by atoms with Gasteiger partial charge in [-0.1, -0.05) is 35.3 Å². The van der Waals surface area contributed by atoms with Crippen LogP contribution in [-0.4, -0.2) is 32.7 Å². The largest absolute Gasteiger partial charge is 0.497 e. The lowest BCUT2D eigenvalue weighted by atomic mass is 10.2. The molecule has 0 aliphatic rings. The van der Waals surface area contributed by atoms with Crippen LogP contribution in [0.4, 0.5) is 0 Å². The topological polar surface area (TPSA) is 73.9 Å². The van der Waals surface area contributed by atoms with Crippen LogP contribution >= 0.6 is 34.5 Å². The smallest absolute Gasteiger partial charge is 0.350 e.